The van der Waals surface area contributed by atoms with Crippen LogP contribution >= 0.6 is 11.3 Å². The molecule has 0 spiro atoms. The van der Waals surface area contributed by atoms with E-state index >= 15 is 0 Å². The van der Waals surface area contributed by atoms with Gasteiger partial charge < -0.3 is 15.4 Å². The molecule has 1 amide bonds. The summed E-state index contributed by atoms with van der Waals surface area (Å²) in [6.45, 7) is 4.02. The molecule has 0 bridgehead atoms. The van der Waals surface area contributed by atoms with E-state index in [0.29, 0.717) is 28.5 Å². The van der Waals surface area contributed by atoms with Gasteiger partial charge in [0.15, 0.2) is 0 Å². The first-order valence-electron chi connectivity index (χ1n) is 8.80. The van der Waals surface area contributed by atoms with Gasteiger partial charge >= 0.3 is 0 Å². The summed E-state index contributed by atoms with van der Waals surface area (Å²) in [6.07, 6.45) is 3.46. The Balaban J connectivity index is 1.69. The van der Waals surface area contributed by atoms with Gasteiger partial charge in [-0.2, -0.15) is 0 Å². The van der Waals surface area contributed by atoms with Crippen LogP contribution in [0.1, 0.15) is 24.2 Å². The van der Waals surface area contributed by atoms with Crippen LogP contribution in [0.3, 0.4) is 0 Å². The second-order valence-corrected chi connectivity index (χ2v) is 7.47. The van der Waals surface area contributed by atoms with Crippen LogP contribution in [0.5, 0.6) is 5.75 Å². The van der Waals surface area contributed by atoms with Gasteiger partial charge in [-0.15, -0.1) is 11.3 Å². The predicted molar refractivity (Wildman–Crippen MR) is 112 cm³/mol. The number of thiophene rings is 1. The molecule has 0 saturated carbocycles. The maximum Gasteiger partial charge on any atom is 0.258 e. The molecule has 3 aromatic heterocycles. The zero-order valence-corrected chi connectivity index (χ0v) is 16.5. The highest BCUT2D eigenvalue weighted by Gasteiger charge is 2.17. The molecule has 0 fully saturated rings. The number of anilines is 2. The van der Waals surface area contributed by atoms with Gasteiger partial charge in [-0.05, 0) is 26.0 Å². The van der Waals surface area contributed by atoms with Crippen LogP contribution in [0, 0.1) is 0 Å². The van der Waals surface area contributed by atoms with Crippen molar-refractivity contribution in [1.29, 1.82) is 0 Å². The standard InChI is InChI=1S/C20H19N5O2S/c1-11(2)23-20-22-9-17-18(25-20)13(10-28-17)19(26)24-15-7-12-5-4-6-21-14(12)8-16(15)27-3/h4-11H,1-3H3,(H,24,26)(H,22,23,25). The van der Waals surface area contributed by atoms with E-state index in [1.165, 1.54) is 11.3 Å². The average Bonchev–Trinajstić information content (AvgIpc) is 3.10. The molecule has 0 aliphatic rings. The van der Waals surface area contributed by atoms with E-state index in [4.69, 9.17) is 4.74 Å². The van der Waals surface area contributed by atoms with Crippen molar-refractivity contribution < 1.29 is 9.53 Å². The molecule has 4 aromatic rings. The van der Waals surface area contributed by atoms with Crippen molar-refractivity contribution in [3.63, 3.8) is 0 Å². The largest absolute Gasteiger partial charge is 0.494 e. The van der Waals surface area contributed by atoms with Gasteiger partial charge in [0.1, 0.15) is 5.75 Å². The predicted octanol–water partition coefficient (Wildman–Crippen LogP) is 4.32. The molecule has 28 heavy (non-hydrogen) atoms. The van der Waals surface area contributed by atoms with Gasteiger partial charge in [0.05, 0.1) is 40.3 Å². The third kappa shape index (κ3) is 3.46. The van der Waals surface area contributed by atoms with E-state index in [-0.39, 0.29) is 11.9 Å². The number of nitrogens with zero attached hydrogens (tertiary/aromatic N) is 3. The van der Waals surface area contributed by atoms with Gasteiger partial charge in [-0.3, -0.25) is 9.78 Å². The number of fused-ring (bicyclic) bond motifs is 2. The summed E-state index contributed by atoms with van der Waals surface area (Å²) >= 11 is 1.44. The van der Waals surface area contributed by atoms with E-state index in [1.807, 2.05) is 38.1 Å². The maximum atomic E-state index is 13.0. The fourth-order valence-corrected chi connectivity index (χ4v) is 3.72. The molecule has 0 aliphatic heterocycles. The first kappa shape index (κ1) is 18.1. The van der Waals surface area contributed by atoms with Crippen molar-refractivity contribution in [2.45, 2.75) is 19.9 Å². The number of hydrogen-bond donors (Lipinski definition) is 2. The molecular weight excluding hydrogens is 374 g/mol. The summed E-state index contributed by atoms with van der Waals surface area (Å²) < 4.78 is 6.29. The summed E-state index contributed by atoms with van der Waals surface area (Å²) in [5.74, 6) is 0.808. The molecule has 0 radical (unpaired) electrons. The number of pyridine rings is 1. The normalized spacial score (nSPS) is 11.1. The highest BCUT2D eigenvalue weighted by molar-refractivity contribution is 7.17. The number of methoxy groups -OCH3 is 1. The van der Waals surface area contributed by atoms with Crippen LogP contribution in [0.4, 0.5) is 11.6 Å². The molecule has 2 N–H and O–H groups in total. The number of amides is 1. The number of ether oxygens (including phenoxy) is 1. The molecule has 0 atom stereocenters. The molecule has 1 aromatic carbocycles. The Kier molecular flexibility index (Phi) is 4.79. The van der Waals surface area contributed by atoms with E-state index < -0.39 is 0 Å². The Morgan fingerprint density at radius 3 is 2.89 bits per heavy atom. The van der Waals surface area contributed by atoms with Gasteiger partial charge in [-0.25, -0.2) is 9.97 Å². The minimum absolute atomic E-state index is 0.198. The SMILES string of the molecule is COc1cc2ncccc2cc1NC(=O)c1csc2cnc(NC(C)C)nc12. The van der Waals surface area contributed by atoms with Crippen LogP contribution in [-0.2, 0) is 0 Å². The Morgan fingerprint density at radius 1 is 1.25 bits per heavy atom. The van der Waals surface area contributed by atoms with Gasteiger partial charge in [0.2, 0.25) is 5.95 Å². The Hall–Kier alpha value is -3.26. The molecule has 142 valence electrons. The van der Waals surface area contributed by atoms with Crippen molar-refractivity contribution in [2.24, 2.45) is 0 Å². The molecule has 8 heteroatoms. The van der Waals surface area contributed by atoms with Crippen LogP contribution in [0.25, 0.3) is 21.1 Å². The lowest BCUT2D eigenvalue weighted by Crippen LogP contribution is -2.14. The monoisotopic (exact) mass is 393 g/mol. The van der Waals surface area contributed by atoms with Crippen molar-refractivity contribution in [3.8, 4) is 5.75 Å². The quantitative estimate of drug-likeness (QED) is 0.525. The first-order chi connectivity index (χ1) is 13.5. The summed E-state index contributed by atoms with van der Waals surface area (Å²) in [6, 6.07) is 7.66. The number of nitrogens with one attached hydrogen (secondary N) is 2. The summed E-state index contributed by atoms with van der Waals surface area (Å²) in [7, 11) is 1.57. The molecule has 3 heterocycles. The highest BCUT2D eigenvalue weighted by atomic mass is 32.1. The lowest BCUT2D eigenvalue weighted by molar-refractivity contribution is 0.102. The third-order valence-electron chi connectivity index (χ3n) is 4.15. The fourth-order valence-electron chi connectivity index (χ4n) is 2.87. The lowest BCUT2D eigenvalue weighted by atomic mass is 10.1. The highest BCUT2D eigenvalue weighted by Crippen LogP contribution is 2.31. The Labute approximate surface area is 165 Å². The zero-order chi connectivity index (χ0) is 19.7. The van der Waals surface area contributed by atoms with Gasteiger partial charge in [-0.1, -0.05) is 6.07 Å². The summed E-state index contributed by atoms with van der Waals surface area (Å²) in [5.41, 5.74) is 2.52. The van der Waals surface area contributed by atoms with E-state index in [2.05, 4.69) is 25.6 Å². The number of hydrogen-bond acceptors (Lipinski definition) is 7. The molecule has 0 saturated heterocycles. The summed E-state index contributed by atoms with van der Waals surface area (Å²) in [5, 5.41) is 8.82. The van der Waals surface area contributed by atoms with E-state index in [9.17, 15) is 4.79 Å². The summed E-state index contributed by atoms with van der Waals surface area (Å²) in [4.78, 5) is 26.1. The van der Waals surface area contributed by atoms with Crippen LogP contribution in [0.15, 0.2) is 42.0 Å². The zero-order valence-electron chi connectivity index (χ0n) is 15.7. The third-order valence-corrected chi connectivity index (χ3v) is 5.06. The number of benzene rings is 1. The minimum atomic E-state index is -0.248. The van der Waals surface area contributed by atoms with Crippen molar-refractivity contribution in [1.82, 2.24) is 15.0 Å². The van der Waals surface area contributed by atoms with Crippen LogP contribution in [0.2, 0.25) is 0 Å². The molecule has 0 aliphatic carbocycles. The van der Waals surface area contributed by atoms with Crippen LogP contribution < -0.4 is 15.4 Å². The second-order valence-electron chi connectivity index (χ2n) is 6.56. The van der Waals surface area contributed by atoms with Gasteiger partial charge in [0.25, 0.3) is 5.91 Å². The molecule has 4 rings (SSSR count). The van der Waals surface area contributed by atoms with Crippen molar-refractivity contribution >= 4 is 50.0 Å². The van der Waals surface area contributed by atoms with Crippen molar-refractivity contribution in [3.05, 3.63) is 47.6 Å². The Morgan fingerprint density at radius 2 is 2.11 bits per heavy atom. The smallest absolute Gasteiger partial charge is 0.258 e. The second kappa shape index (κ2) is 7.40. The van der Waals surface area contributed by atoms with Crippen molar-refractivity contribution in [2.75, 3.05) is 17.7 Å². The first-order valence-corrected chi connectivity index (χ1v) is 9.68. The lowest BCUT2D eigenvalue weighted by Gasteiger charge is -2.11. The fraction of sp³-hybridized carbons (Fsp3) is 0.200. The Bertz CT molecular complexity index is 1170. The number of rotatable bonds is 5. The maximum absolute atomic E-state index is 13.0. The molecular formula is C20H19N5O2S. The average molecular weight is 393 g/mol. The van der Waals surface area contributed by atoms with Crippen LogP contribution in [-0.4, -0.2) is 34.0 Å². The topological polar surface area (TPSA) is 89.0 Å². The van der Waals surface area contributed by atoms with Gasteiger partial charge in [0, 0.05) is 29.1 Å². The number of carbonyl (C=O) groups is 1. The van der Waals surface area contributed by atoms with E-state index in [0.717, 1.165) is 15.6 Å². The molecule has 7 nitrogen and oxygen atoms in total. The minimum Gasteiger partial charge on any atom is -0.494 e. The number of aromatic nitrogens is 3. The number of carbonyl (C=O) groups excluding carboxylic acids is 1. The van der Waals surface area contributed by atoms with E-state index in [1.54, 1.807) is 24.9 Å². The molecule has 0 unspecified atom stereocenters.